The van der Waals surface area contributed by atoms with Crippen LogP contribution in [0.4, 0.5) is 24.7 Å². The summed E-state index contributed by atoms with van der Waals surface area (Å²) in [7, 11) is 0. The summed E-state index contributed by atoms with van der Waals surface area (Å²) >= 11 is 0. The van der Waals surface area contributed by atoms with E-state index in [2.05, 4.69) is 25.2 Å². The zero-order valence-corrected chi connectivity index (χ0v) is 19.6. The second-order valence-electron chi connectivity index (χ2n) is 9.12. The Balaban J connectivity index is 1.21. The zero-order chi connectivity index (χ0) is 25.1. The van der Waals surface area contributed by atoms with Gasteiger partial charge in [0, 0.05) is 55.0 Å². The van der Waals surface area contributed by atoms with E-state index in [1.54, 1.807) is 12.4 Å². The highest BCUT2D eigenvalue weighted by atomic mass is 19.4. The molecule has 0 radical (unpaired) electrons. The van der Waals surface area contributed by atoms with Crippen LogP contribution in [0.1, 0.15) is 37.4 Å². The van der Waals surface area contributed by atoms with Gasteiger partial charge in [0.05, 0.1) is 24.8 Å². The van der Waals surface area contributed by atoms with Gasteiger partial charge in [0.25, 0.3) is 0 Å². The maximum absolute atomic E-state index is 12.7. The quantitative estimate of drug-likeness (QED) is 0.516. The zero-order valence-electron chi connectivity index (χ0n) is 19.6. The monoisotopic (exact) mass is 503 g/mol. The number of aliphatic hydroxyl groups is 1. The van der Waals surface area contributed by atoms with Crippen molar-refractivity contribution in [1.82, 2.24) is 15.0 Å². The molecule has 1 aliphatic heterocycles. The number of pyridine rings is 1. The fraction of sp³-hybridized carbons (Fsp3) is 0.480. The van der Waals surface area contributed by atoms with Gasteiger partial charge in [-0.3, -0.25) is 4.98 Å². The summed E-state index contributed by atoms with van der Waals surface area (Å²) in [5.41, 5.74) is 2.29. The van der Waals surface area contributed by atoms with Crippen molar-refractivity contribution in [3.05, 3.63) is 48.4 Å². The lowest BCUT2D eigenvalue weighted by Crippen LogP contribution is -2.36. The highest BCUT2D eigenvalue weighted by molar-refractivity contribution is 5.85. The Morgan fingerprint density at radius 3 is 2.47 bits per heavy atom. The molecule has 2 N–H and O–H groups in total. The van der Waals surface area contributed by atoms with Crippen molar-refractivity contribution in [3.8, 4) is 5.75 Å². The molecule has 3 heterocycles. The molecule has 1 unspecified atom stereocenters. The Morgan fingerprint density at radius 2 is 1.78 bits per heavy atom. The van der Waals surface area contributed by atoms with Crippen LogP contribution in [-0.4, -0.2) is 64.7 Å². The normalized spacial score (nSPS) is 21.8. The summed E-state index contributed by atoms with van der Waals surface area (Å²) in [5, 5.41) is 12.6. The van der Waals surface area contributed by atoms with Crippen LogP contribution in [-0.2, 0) is 4.74 Å². The molecule has 2 fully saturated rings. The van der Waals surface area contributed by atoms with Crippen LogP contribution in [0.5, 0.6) is 5.75 Å². The van der Waals surface area contributed by atoms with Gasteiger partial charge in [0.15, 0.2) is 6.10 Å². The number of aromatic nitrogens is 3. The molecule has 2 aromatic heterocycles. The Hall–Kier alpha value is -3.18. The van der Waals surface area contributed by atoms with Crippen molar-refractivity contribution in [2.24, 2.45) is 0 Å². The summed E-state index contributed by atoms with van der Waals surface area (Å²) in [4.78, 5) is 15.3. The summed E-state index contributed by atoms with van der Waals surface area (Å²) in [6, 6.07) is 6.91. The van der Waals surface area contributed by atoms with Gasteiger partial charge in [0.1, 0.15) is 17.1 Å². The number of rotatable bonds is 6. The van der Waals surface area contributed by atoms with Crippen LogP contribution in [0.2, 0.25) is 0 Å². The summed E-state index contributed by atoms with van der Waals surface area (Å²) in [6.45, 7) is 3.00. The molecule has 0 amide bonds. The van der Waals surface area contributed by atoms with E-state index in [1.165, 1.54) is 12.1 Å². The van der Waals surface area contributed by atoms with Crippen molar-refractivity contribution in [2.75, 3.05) is 36.5 Å². The second kappa shape index (κ2) is 10.4. The summed E-state index contributed by atoms with van der Waals surface area (Å²) in [5.74, 6) is 1.20. The first-order chi connectivity index (χ1) is 17.4. The third kappa shape index (κ3) is 5.62. The lowest BCUT2D eigenvalue weighted by Gasteiger charge is -2.31. The highest BCUT2D eigenvalue weighted by Crippen LogP contribution is 2.34. The largest absolute Gasteiger partial charge is 0.488 e. The number of ether oxygens (including phenoxy) is 2. The van der Waals surface area contributed by atoms with Gasteiger partial charge in [0.2, 0.25) is 0 Å². The SMILES string of the molecule is OC(c1ccc(NC2CCC(Oc3cc(N4CCOCC4)cc4nccnc34)CC2)nc1)C(F)(F)F. The number of benzene rings is 1. The predicted molar refractivity (Wildman–Crippen MR) is 128 cm³/mol. The van der Waals surface area contributed by atoms with Gasteiger partial charge in [-0.05, 0) is 37.8 Å². The fourth-order valence-corrected chi connectivity index (χ4v) is 4.68. The maximum atomic E-state index is 12.7. The number of fused-ring (bicyclic) bond motifs is 1. The van der Waals surface area contributed by atoms with Crippen molar-refractivity contribution in [2.45, 2.75) is 50.1 Å². The molecule has 1 aromatic carbocycles. The van der Waals surface area contributed by atoms with Crippen LogP contribution in [0.3, 0.4) is 0 Å². The van der Waals surface area contributed by atoms with E-state index in [-0.39, 0.29) is 17.7 Å². The van der Waals surface area contributed by atoms with Crippen molar-refractivity contribution in [3.63, 3.8) is 0 Å². The van der Waals surface area contributed by atoms with Gasteiger partial charge < -0.3 is 24.8 Å². The van der Waals surface area contributed by atoms with E-state index in [1.807, 2.05) is 12.1 Å². The molecule has 2 aliphatic rings. The van der Waals surface area contributed by atoms with Crippen LogP contribution in [0.15, 0.2) is 42.9 Å². The van der Waals surface area contributed by atoms with E-state index in [0.717, 1.165) is 67.4 Å². The number of nitrogens with one attached hydrogen (secondary N) is 1. The molecule has 36 heavy (non-hydrogen) atoms. The third-order valence-electron chi connectivity index (χ3n) is 6.63. The van der Waals surface area contributed by atoms with Crippen LogP contribution in [0.25, 0.3) is 11.0 Å². The van der Waals surface area contributed by atoms with Crippen molar-refractivity contribution < 1.29 is 27.8 Å². The molecule has 11 heteroatoms. The summed E-state index contributed by atoms with van der Waals surface area (Å²) in [6.07, 6.45) is 0.444. The van der Waals surface area contributed by atoms with Gasteiger partial charge in [-0.25, -0.2) is 9.97 Å². The van der Waals surface area contributed by atoms with Gasteiger partial charge >= 0.3 is 6.18 Å². The van der Waals surface area contributed by atoms with Crippen molar-refractivity contribution in [1.29, 1.82) is 0 Å². The first-order valence-electron chi connectivity index (χ1n) is 12.1. The highest BCUT2D eigenvalue weighted by Gasteiger charge is 2.39. The van der Waals surface area contributed by atoms with E-state index in [0.29, 0.717) is 19.0 Å². The topological polar surface area (TPSA) is 92.6 Å². The molecular formula is C25H28F3N5O3. The number of aliphatic hydroxyl groups excluding tert-OH is 1. The first-order valence-corrected chi connectivity index (χ1v) is 12.1. The average molecular weight is 504 g/mol. The Kier molecular flexibility index (Phi) is 7.10. The second-order valence-corrected chi connectivity index (χ2v) is 9.12. The fourth-order valence-electron chi connectivity index (χ4n) is 4.68. The number of morpholine rings is 1. The Labute approximate surface area is 206 Å². The molecule has 1 saturated carbocycles. The van der Waals surface area contributed by atoms with Gasteiger partial charge in [-0.15, -0.1) is 0 Å². The molecule has 5 rings (SSSR count). The minimum Gasteiger partial charge on any atom is -0.488 e. The number of hydrogen-bond acceptors (Lipinski definition) is 8. The number of anilines is 2. The molecule has 3 aromatic rings. The molecule has 0 spiro atoms. The van der Waals surface area contributed by atoms with E-state index in [4.69, 9.17) is 9.47 Å². The Morgan fingerprint density at radius 1 is 1.03 bits per heavy atom. The van der Waals surface area contributed by atoms with Gasteiger partial charge in [-0.1, -0.05) is 6.07 Å². The lowest BCUT2D eigenvalue weighted by molar-refractivity contribution is -0.206. The molecule has 1 aliphatic carbocycles. The number of halogens is 3. The summed E-state index contributed by atoms with van der Waals surface area (Å²) < 4.78 is 50.0. The van der Waals surface area contributed by atoms with E-state index < -0.39 is 12.3 Å². The van der Waals surface area contributed by atoms with Crippen LogP contribution < -0.4 is 15.0 Å². The number of nitrogens with zero attached hydrogens (tertiary/aromatic N) is 4. The van der Waals surface area contributed by atoms with Gasteiger partial charge in [-0.2, -0.15) is 13.2 Å². The van der Waals surface area contributed by atoms with E-state index >= 15 is 0 Å². The molecular weight excluding hydrogens is 475 g/mol. The third-order valence-corrected chi connectivity index (χ3v) is 6.63. The molecule has 1 atom stereocenters. The average Bonchev–Trinajstić information content (AvgIpc) is 2.90. The van der Waals surface area contributed by atoms with Crippen LogP contribution in [0, 0.1) is 0 Å². The molecule has 0 bridgehead atoms. The minimum absolute atomic E-state index is 0.0189. The molecule has 192 valence electrons. The number of alkyl halides is 3. The Bertz CT molecular complexity index is 1160. The smallest absolute Gasteiger partial charge is 0.418 e. The molecule has 1 saturated heterocycles. The van der Waals surface area contributed by atoms with Crippen molar-refractivity contribution >= 4 is 22.5 Å². The first kappa shape index (κ1) is 24.5. The predicted octanol–water partition coefficient (Wildman–Crippen LogP) is 4.26. The van der Waals surface area contributed by atoms with Crippen LogP contribution >= 0.6 is 0 Å². The lowest BCUT2D eigenvalue weighted by atomic mass is 9.93. The minimum atomic E-state index is -4.71. The van der Waals surface area contributed by atoms with E-state index in [9.17, 15) is 18.3 Å². The maximum Gasteiger partial charge on any atom is 0.418 e. The molecule has 8 nitrogen and oxygen atoms in total. The number of hydrogen-bond donors (Lipinski definition) is 2. The standard InChI is InChI=1S/C25H28F3N5O3/c26-25(27,28)24(34)16-1-6-22(31-15-16)32-17-2-4-19(5-3-17)36-21-14-18(33-9-11-35-12-10-33)13-20-23(21)30-8-7-29-20/h1,6-8,13-15,17,19,24,34H,2-5,9-12H2,(H,31,32).